The number of ether oxygens (including phenoxy) is 1. The Balaban J connectivity index is 1.39. The van der Waals surface area contributed by atoms with Crippen LogP contribution >= 0.6 is 0 Å². The van der Waals surface area contributed by atoms with Crippen molar-refractivity contribution in [3.05, 3.63) is 48.4 Å². The molecule has 4 aromatic rings. The van der Waals surface area contributed by atoms with Crippen molar-refractivity contribution in [1.29, 1.82) is 0 Å². The van der Waals surface area contributed by atoms with E-state index in [1.54, 1.807) is 12.4 Å². The van der Waals surface area contributed by atoms with Crippen LogP contribution in [0.2, 0.25) is 0 Å². The van der Waals surface area contributed by atoms with Crippen molar-refractivity contribution in [2.75, 3.05) is 23.4 Å². The Morgan fingerprint density at radius 2 is 1.87 bits per heavy atom. The summed E-state index contributed by atoms with van der Waals surface area (Å²) >= 11 is 0. The molecule has 1 fully saturated rings. The lowest BCUT2D eigenvalue weighted by atomic mass is 10.1. The zero-order chi connectivity index (χ0) is 20.8. The average Bonchev–Trinajstić information content (AvgIpc) is 3.19. The van der Waals surface area contributed by atoms with Crippen LogP contribution in [0.1, 0.15) is 24.5 Å². The second-order valence-electron chi connectivity index (χ2n) is 7.76. The van der Waals surface area contributed by atoms with Crippen LogP contribution in [0.5, 0.6) is 0 Å². The van der Waals surface area contributed by atoms with Gasteiger partial charge in [-0.1, -0.05) is 0 Å². The van der Waals surface area contributed by atoms with E-state index in [2.05, 4.69) is 35.4 Å². The minimum absolute atomic E-state index is 0.344. The van der Waals surface area contributed by atoms with E-state index >= 15 is 0 Å². The lowest BCUT2D eigenvalue weighted by molar-refractivity contribution is 0.0836. The number of anilines is 3. The van der Waals surface area contributed by atoms with E-state index in [9.17, 15) is 0 Å². The number of hydrogen-bond acceptors (Lipinski definition) is 9. The first kappa shape index (κ1) is 18.1. The fourth-order valence-electron chi connectivity index (χ4n) is 4.31. The van der Waals surface area contributed by atoms with Gasteiger partial charge in [0.1, 0.15) is 11.5 Å². The van der Waals surface area contributed by atoms with Gasteiger partial charge in [-0.2, -0.15) is 4.98 Å². The minimum atomic E-state index is 0.344. The largest absolute Gasteiger partial charge is 0.381 e. The van der Waals surface area contributed by atoms with Crippen LogP contribution in [0.15, 0.2) is 36.8 Å². The second kappa shape index (κ2) is 7.24. The van der Waals surface area contributed by atoms with Gasteiger partial charge in [-0.25, -0.2) is 4.98 Å². The van der Waals surface area contributed by atoms with E-state index in [1.807, 2.05) is 35.9 Å². The highest BCUT2D eigenvalue weighted by Gasteiger charge is 2.32. The Labute approximate surface area is 178 Å². The molecule has 1 saturated heterocycles. The summed E-state index contributed by atoms with van der Waals surface area (Å²) in [6, 6.07) is 6.18. The highest BCUT2D eigenvalue weighted by atomic mass is 16.5. The van der Waals surface area contributed by atoms with Crippen molar-refractivity contribution < 1.29 is 4.74 Å². The fraction of sp³-hybridized carbons (Fsp3) is 0.333. The van der Waals surface area contributed by atoms with Crippen LogP contribution in [0.25, 0.3) is 16.7 Å². The van der Waals surface area contributed by atoms with E-state index in [0.29, 0.717) is 18.5 Å². The Hall–Kier alpha value is -3.66. The Bertz CT molecular complexity index is 1260. The van der Waals surface area contributed by atoms with Crippen LogP contribution in [0.3, 0.4) is 0 Å². The maximum atomic E-state index is 5.57. The molecule has 0 spiro atoms. The molecule has 0 bridgehead atoms. The Morgan fingerprint density at radius 1 is 1.03 bits per heavy atom. The van der Waals surface area contributed by atoms with Crippen LogP contribution in [-0.2, 0) is 11.3 Å². The summed E-state index contributed by atoms with van der Waals surface area (Å²) in [6.45, 7) is 4.14. The molecule has 5 heterocycles. The molecule has 0 aliphatic carbocycles. The van der Waals surface area contributed by atoms with Gasteiger partial charge in [0, 0.05) is 37.3 Å². The molecule has 156 valence electrons. The Kier molecular flexibility index (Phi) is 4.23. The number of fused-ring (bicyclic) bond motifs is 4. The van der Waals surface area contributed by atoms with E-state index in [4.69, 9.17) is 9.72 Å². The standard InChI is InChI=1S/C21H21N9O/c1-13-27-28-19-12-29(15-4-8-31-9-5-15)20-18(30(13)19)11-24-21(26-20)25-14-2-3-16-17(10-14)23-7-6-22-16/h2-3,6-7,10-11,15H,4-5,8-9,12H2,1H3,(H,24,25,26). The maximum Gasteiger partial charge on any atom is 0.229 e. The van der Waals surface area contributed by atoms with Gasteiger partial charge < -0.3 is 15.0 Å². The summed E-state index contributed by atoms with van der Waals surface area (Å²) in [6.07, 6.45) is 7.14. The summed E-state index contributed by atoms with van der Waals surface area (Å²) in [5, 5.41) is 12.0. The predicted octanol–water partition coefficient (Wildman–Crippen LogP) is 2.55. The molecule has 0 amide bonds. The predicted molar refractivity (Wildman–Crippen MR) is 115 cm³/mol. The van der Waals surface area contributed by atoms with Crippen molar-refractivity contribution in [3.8, 4) is 5.69 Å². The molecular weight excluding hydrogens is 394 g/mol. The van der Waals surface area contributed by atoms with Gasteiger partial charge in [0.2, 0.25) is 5.95 Å². The number of benzene rings is 1. The molecule has 3 aromatic heterocycles. The van der Waals surface area contributed by atoms with Crippen LogP contribution < -0.4 is 10.2 Å². The molecule has 2 aliphatic rings. The van der Waals surface area contributed by atoms with Crippen molar-refractivity contribution in [3.63, 3.8) is 0 Å². The lowest BCUT2D eigenvalue weighted by Crippen LogP contribution is -2.42. The quantitative estimate of drug-likeness (QED) is 0.540. The van der Waals surface area contributed by atoms with Gasteiger partial charge in [-0.15, -0.1) is 10.2 Å². The number of rotatable bonds is 3. The van der Waals surface area contributed by atoms with Gasteiger partial charge in [0.05, 0.1) is 23.8 Å². The molecule has 1 aromatic carbocycles. The van der Waals surface area contributed by atoms with Gasteiger partial charge >= 0.3 is 0 Å². The number of nitrogens with zero attached hydrogens (tertiary/aromatic N) is 8. The third-order valence-electron chi connectivity index (χ3n) is 5.82. The number of hydrogen-bond donors (Lipinski definition) is 1. The second-order valence-corrected chi connectivity index (χ2v) is 7.76. The maximum absolute atomic E-state index is 5.57. The molecule has 0 saturated carbocycles. The third-order valence-corrected chi connectivity index (χ3v) is 5.82. The molecule has 10 heteroatoms. The zero-order valence-electron chi connectivity index (χ0n) is 17.1. The van der Waals surface area contributed by atoms with E-state index in [1.165, 1.54) is 0 Å². The van der Waals surface area contributed by atoms with Gasteiger partial charge in [-0.3, -0.25) is 14.5 Å². The normalized spacial score (nSPS) is 16.2. The molecule has 1 N–H and O–H groups in total. The van der Waals surface area contributed by atoms with Crippen molar-refractivity contribution in [1.82, 2.24) is 34.7 Å². The number of aryl methyl sites for hydroxylation is 1. The van der Waals surface area contributed by atoms with Crippen LogP contribution in [-0.4, -0.2) is 54.0 Å². The SMILES string of the molecule is Cc1nnc2n1-c1cnc(Nc3ccc4nccnc4c3)nc1N(C1CCOCC1)C2. The van der Waals surface area contributed by atoms with Crippen LogP contribution in [0.4, 0.5) is 17.5 Å². The number of aromatic nitrogens is 7. The van der Waals surface area contributed by atoms with Gasteiger partial charge in [-0.05, 0) is 38.0 Å². The van der Waals surface area contributed by atoms with Gasteiger partial charge in [0.25, 0.3) is 0 Å². The highest BCUT2D eigenvalue weighted by molar-refractivity contribution is 5.79. The summed E-state index contributed by atoms with van der Waals surface area (Å²) in [5.74, 6) is 3.17. The summed E-state index contributed by atoms with van der Waals surface area (Å²) < 4.78 is 7.62. The first-order valence-corrected chi connectivity index (χ1v) is 10.4. The third kappa shape index (κ3) is 3.15. The summed E-state index contributed by atoms with van der Waals surface area (Å²) in [5.41, 5.74) is 3.44. The molecule has 0 radical (unpaired) electrons. The highest BCUT2D eigenvalue weighted by Crippen LogP contribution is 2.34. The lowest BCUT2D eigenvalue weighted by Gasteiger charge is -2.38. The molecule has 0 unspecified atom stereocenters. The molecule has 6 rings (SSSR count). The van der Waals surface area contributed by atoms with Crippen molar-refractivity contribution in [2.45, 2.75) is 32.4 Å². The van der Waals surface area contributed by atoms with Crippen LogP contribution in [0, 0.1) is 6.92 Å². The molecular formula is C21H21N9O. The van der Waals surface area contributed by atoms with Crippen molar-refractivity contribution >= 4 is 28.5 Å². The van der Waals surface area contributed by atoms with Gasteiger partial charge in [0.15, 0.2) is 11.6 Å². The molecule has 10 nitrogen and oxygen atoms in total. The average molecular weight is 415 g/mol. The fourth-order valence-corrected chi connectivity index (χ4v) is 4.31. The Morgan fingerprint density at radius 3 is 2.74 bits per heavy atom. The van der Waals surface area contributed by atoms with E-state index < -0.39 is 0 Å². The van der Waals surface area contributed by atoms with E-state index in [0.717, 1.165) is 65.9 Å². The smallest absolute Gasteiger partial charge is 0.229 e. The molecule has 0 atom stereocenters. The summed E-state index contributed by atoms with van der Waals surface area (Å²) in [7, 11) is 0. The summed E-state index contributed by atoms with van der Waals surface area (Å²) in [4.78, 5) is 20.5. The van der Waals surface area contributed by atoms with Crippen molar-refractivity contribution in [2.24, 2.45) is 0 Å². The monoisotopic (exact) mass is 415 g/mol. The molecule has 2 aliphatic heterocycles. The number of nitrogens with one attached hydrogen (secondary N) is 1. The minimum Gasteiger partial charge on any atom is -0.381 e. The topological polar surface area (TPSA) is 107 Å². The zero-order valence-corrected chi connectivity index (χ0v) is 17.1. The first-order chi connectivity index (χ1) is 15.3. The first-order valence-electron chi connectivity index (χ1n) is 10.4. The van der Waals surface area contributed by atoms with E-state index in [-0.39, 0.29) is 0 Å². The molecule has 31 heavy (non-hydrogen) atoms.